The van der Waals surface area contributed by atoms with Crippen molar-refractivity contribution in [2.24, 2.45) is 0 Å². The average molecular weight is 455 g/mol. The molecule has 2 aromatic rings. The number of unbranched alkanes of at least 4 members (excludes halogenated alkanes) is 2. The molecule has 30 heavy (non-hydrogen) atoms. The number of hydrogen-bond acceptors (Lipinski definition) is 4. The Morgan fingerprint density at radius 1 is 0.967 bits per heavy atom. The first kappa shape index (κ1) is 24.1. The largest absolute Gasteiger partial charge is 0.454 e. The molecule has 0 aliphatic rings. The molecule has 3 N–H and O–H groups in total. The molecule has 0 bridgehead atoms. The maximum Gasteiger partial charge on any atom is 0.337 e. The van der Waals surface area contributed by atoms with Gasteiger partial charge in [0.25, 0.3) is 0 Å². The zero-order chi connectivity index (χ0) is 21.9. The van der Waals surface area contributed by atoms with Crippen molar-refractivity contribution in [3.63, 3.8) is 0 Å². The van der Waals surface area contributed by atoms with E-state index in [2.05, 4.69) is 34.9 Å². The quantitative estimate of drug-likeness (QED) is 0.416. The van der Waals surface area contributed by atoms with Crippen LogP contribution in [0.5, 0.6) is 0 Å². The number of benzene rings is 1. The van der Waals surface area contributed by atoms with Gasteiger partial charge in [0.1, 0.15) is 5.76 Å². The minimum atomic E-state index is -0.626. The van der Waals surface area contributed by atoms with Gasteiger partial charge in [-0.1, -0.05) is 49.9 Å². The third-order valence-electron chi connectivity index (χ3n) is 4.39. The normalized spacial score (nSPS) is 10.8. The first-order valence-electron chi connectivity index (χ1n) is 10.1. The predicted octanol–water partition coefficient (Wildman–Crippen LogP) is 5.46. The van der Waals surface area contributed by atoms with Gasteiger partial charge in [-0.25, -0.2) is 10.2 Å². The summed E-state index contributed by atoms with van der Waals surface area (Å²) in [5, 5.41) is 3.24. The Balaban J connectivity index is 1.84. The van der Waals surface area contributed by atoms with E-state index in [-0.39, 0.29) is 5.76 Å². The number of halogens is 2. The molecular formula is C21H28Cl2N4O3. The highest BCUT2D eigenvalue weighted by Crippen LogP contribution is 2.24. The average Bonchev–Trinajstić information content (AvgIpc) is 3.19. The second-order valence-corrected chi connectivity index (χ2v) is 7.73. The van der Waals surface area contributed by atoms with Gasteiger partial charge in [-0.15, -0.1) is 0 Å². The van der Waals surface area contributed by atoms with Gasteiger partial charge in [0.15, 0.2) is 5.76 Å². The highest BCUT2D eigenvalue weighted by molar-refractivity contribution is 6.42. The van der Waals surface area contributed by atoms with Crippen LogP contribution in [0, 0.1) is 0 Å². The molecule has 7 nitrogen and oxygen atoms in total. The molecule has 0 unspecified atom stereocenters. The number of urea groups is 1. The Bertz CT molecular complexity index is 833. The first-order chi connectivity index (χ1) is 14.4. The summed E-state index contributed by atoms with van der Waals surface area (Å²) in [5.41, 5.74) is 5.03. The molecule has 164 valence electrons. The summed E-state index contributed by atoms with van der Waals surface area (Å²) in [6.45, 7) is 6.97. The van der Waals surface area contributed by atoms with Crippen LogP contribution in [0.4, 0.5) is 10.5 Å². The van der Waals surface area contributed by atoms with Crippen LogP contribution >= 0.6 is 23.2 Å². The Morgan fingerprint density at radius 2 is 1.67 bits per heavy atom. The number of furan rings is 1. The molecule has 0 spiro atoms. The SMILES string of the molecule is CCCCN(CCCC)Cc1ccc(C(=O)NNC(=O)Nc2ccc(Cl)c(Cl)c2)o1. The van der Waals surface area contributed by atoms with Crippen LogP contribution in [0.1, 0.15) is 55.8 Å². The molecule has 0 atom stereocenters. The highest BCUT2D eigenvalue weighted by Gasteiger charge is 2.14. The van der Waals surface area contributed by atoms with Crippen LogP contribution in [-0.4, -0.2) is 29.9 Å². The predicted molar refractivity (Wildman–Crippen MR) is 120 cm³/mol. The van der Waals surface area contributed by atoms with E-state index < -0.39 is 11.9 Å². The Hall–Kier alpha value is -2.22. The lowest BCUT2D eigenvalue weighted by Crippen LogP contribution is -2.43. The third-order valence-corrected chi connectivity index (χ3v) is 5.13. The highest BCUT2D eigenvalue weighted by atomic mass is 35.5. The van der Waals surface area contributed by atoms with Crippen molar-refractivity contribution in [2.75, 3.05) is 18.4 Å². The Labute approximate surface area is 187 Å². The number of hydrazine groups is 1. The maximum atomic E-state index is 12.2. The molecule has 2 rings (SSSR count). The first-order valence-corrected chi connectivity index (χ1v) is 10.8. The van der Waals surface area contributed by atoms with Crippen molar-refractivity contribution >= 4 is 40.8 Å². The molecule has 0 fully saturated rings. The van der Waals surface area contributed by atoms with Gasteiger partial charge in [0.05, 0.1) is 16.6 Å². The minimum absolute atomic E-state index is 0.130. The van der Waals surface area contributed by atoms with Gasteiger partial charge in [-0.2, -0.15) is 0 Å². The number of nitrogens with one attached hydrogen (secondary N) is 3. The van der Waals surface area contributed by atoms with E-state index in [1.54, 1.807) is 24.3 Å². The van der Waals surface area contributed by atoms with E-state index in [0.717, 1.165) is 38.8 Å². The summed E-state index contributed by atoms with van der Waals surface area (Å²) in [4.78, 5) is 26.5. The molecule has 1 aromatic carbocycles. The lowest BCUT2D eigenvalue weighted by molar-refractivity contribution is 0.0906. The van der Waals surface area contributed by atoms with Gasteiger partial charge in [-0.05, 0) is 56.3 Å². The van der Waals surface area contributed by atoms with Crippen molar-refractivity contribution in [1.82, 2.24) is 15.8 Å². The zero-order valence-corrected chi connectivity index (χ0v) is 18.8. The topological polar surface area (TPSA) is 86.6 Å². The Kier molecular flexibility index (Phi) is 10.00. The molecule has 0 radical (unpaired) electrons. The smallest absolute Gasteiger partial charge is 0.337 e. The number of rotatable bonds is 10. The van der Waals surface area contributed by atoms with Crippen LogP contribution in [0.25, 0.3) is 0 Å². The fourth-order valence-corrected chi connectivity index (χ4v) is 3.05. The third kappa shape index (κ3) is 7.89. The second-order valence-electron chi connectivity index (χ2n) is 6.91. The van der Waals surface area contributed by atoms with Crippen molar-refractivity contribution in [3.8, 4) is 0 Å². The van der Waals surface area contributed by atoms with E-state index in [9.17, 15) is 9.59 Å². The number of anilines is 1. The molecule has 9 heteroatoms. The lowest BCUT2D eigenvalue weighted by Gasteiger charge is -2.20. The maximum absolute atomic E-state index is 12.2. The van der Waals surface area contributed by atoms with E-state index in [4.69, 9.17) is 27.6 Å². The summed E-state index contributed by atoms with van der Waals surface area (Å²) in [6, 6.07) is 7.42. The number of nitrogens with zero attached hydrogens (tertiary/aromatic N) is 1. The van der Waals surface area contributed by atoms with Gasteiger partial charge >= 0.3 is 11.9 Å². The van der Waals surface area contributed by atoms with E-state index in [0.29, 0.717) is 28.0 Å². The number of hydrogen-bond donors (Lipinski definition) is 3. The van der Waals surface area contributed by atoms with Crippen molar-refractivity contribution in [2.45, 2.75) is 46.1 Å². The number of carbonyl (C=O) groups is 2. The minimum Gasteiger partial charge on any atom is -0.454 e. The van der Waals surface area contributed by atoms with Crippen molar-refractivity contribution < 1.29 is 14.0 Å². The fraction of sp³-hybridized carbons (Fsp3) is 0.429. The summed E-state index contributed by atoms with van der Waals surface area (Å²) in [5.74, 6) is 0.303. The van der Waals surface area contributed by atoms with Gasteiger partial charge in [0, 0.05) is 5.69 Å². The molecule has 0 aliphatic carbocycles. The molecule has 0 aliphatic heterocycles. The van der Waals surface area contributed by atoms with Gasteiger partial charge in [-0.3, -0.25) is 15.1 Å². The van der Waals surface area contributed by atoms with Crippen molar-refractivity contribution in [1.29, 1.82) is 0 Å². The fourth-order valence-electron chi connectivity index (χ4n) is 2.75. The van der Waals surface area contributed by atoms with Crippen LogP contribution in [0.15, 0.2) is 34.7 Å². The van der Waals surface area contributed by atoms with E-state index in [1.165, 1.54) is 6.07 Å². The lowest BCUT2D eigenvalue weighted by atomic mass is 10.2. The van der Waals surface area contributed by atoms with Crippen LogP contribution in [-0.2, 0) is 6.54 Å². The molecular weight excluding hydrogens is 427 g/mol. The molecule has 1 heterocycles. The second kappa shape index (κ2) is 12.5. The summed E-state index contributed by atoms with van der Waals surface area (Å²) in [7, 11) is 0. The monoisotopic (exact) mass is 454 g/mol. The Morgan fingerprint density at radius 3 is 2.30 bits per heavy atom. The molecule has 1 aromatic heterocycles. The van der Waals surface area contributed by atoms with E-state index >= 15 is 0 Å². The van der Waals surface area contributed by atoms with Crippen molar-refractivity contribution in [3.05, 3.63) is 51.9 Å². The molecule has 0 saturated heterocycles. The molecule has 3 amide bonds. The van der Waals surface area contributed by atoms with Crippen LogP contribution in [0.2, 0.25) is 10.0 Å². The van der Waals surface area contributed by atoms with Crippen LogP contribution < -0.4 is 16.2 Å². The number of amides is 3. The summed E-state index contributed by atoms with van der Waals surface area (Å²) < 4.78 is 5.66. The molecule has 0 saturated carbocycles. The standard InChI is InChI=1S/C21H28Cl2N4O3/c1-3-5-11-27(12-6-4-2)14-16-8-10-19(30-16)20(28)25-26-21(29)24-15-7-9-17(22)18(23)13-15/h7-10,13H,3-6,11-12,14H2,1-2H3,(H,25,28)(H2,24,26,29). The van der Waals surface area contributed by atoms with Gasteiger partial charge < -0.3 is 9.73 Å². The van der Waals surface area contributed by atoms with E-state index in [1.807, 2.05) is 0 Å². The number of carbonyl (C=O) groups excluding carboxylic acids is 2. The van der Waals surface area contributed by atoms with Gasteiger partial charge in [0.2, 0.25) is 0 Å². The zero-order valence-electron chi connectivity index (χ0n) is 17.3. The summed E-state index contributed by atoms with van der Waals surface area (Å²) >= 11 is 11.8. The van der Waals surface area contributed by atoms with Crippen LogP contribution in [0.3, 0.4) is 0 Å². The summed E-state index contributed by atoms with van der Waals surface area (Å²) in [6.07, 6.45) is 4.50.